The van der Waals surface area contributed by atoms with Crippen molar-refractivity contribution in [2.75, 3.05) is 6.61 Å². The molecule has 40 heavy (non-hydrogen) atoms. The number of hydrogen-bond acceptors (Lipinski definition) is 6. The molecule has 0 radical (unpaired) electrons. The van der Waals surface area contributed by atoms with Crippen molar-refractivity contribution in [2.45, 2.75) is 54.3 Å². The van der Waals surface area contributed by atoms with Gasteiger partial charge in [-0.15, -0.1) is 0 Å². The van der Waals surface area contributed by atoms with Gasteiger partial charge in [-0.05, 0) is 23.3 Å². The molecular weight excluding hydrogens is 524 g/mol. The monoisotopic (exact) mass is 556 g/mol. The molecular formula is C33H32O6S. The minimum Gasteiger partial charge on any atom is -0.368 e. The summed E-state index contributed by atoms with van der Waals surface area (Å²) in [5.74, 6) is 0. The molecule has 6 nitrogen and oxygen atoms in total. The van der Waals surface area contributed by atoms with Crippen molar-refractivity contribution >= 4 is 10.8 Å². The van der Waals surface area contributed by atoms with Gasteiger partial charge in [0.25, 0.3) is 0 Å². The second-order valence-corrected chi connectivity index (χ2v) is 11.4. The first-order valence-electron chi connectivity index (χ1n) is 13.5. The van der Waals surface area contributed by atoms with E-state index >= 15 is 0 Å². The van der Waals surface area contributed by atoms with Crippen molar-refractivity contribution in [3.8, 4) is 0 Å². The number of benzene rings is 4. The maximum Gasteiger partial charge on any atom is 0.184 e. The van der Waals surface area contributed by atoms with Gasteiger partial charge in [0.1, 0.15) is 24.4 Å². The zero-order chi connectivity index (χ0) is 27.1. The van der Waals surface area contributed by atoms with Crippen LogP contribution in [0, 0.1) is 0 Å². The fourth-order valence-corrected chi connectivity index (χ4v) is 6.50. The quantitative estimate of drug-likeness (QED) is 0.260. The third-order valence-corrected chi connectivity index (χ3v) is 8.65. The summed E-state index contributed by atoms with van der Waals surface area (Å²) in [5.41, 5.74) is 2.17. The largest absolute Gasteiger partial charge is 0.368 e. The highest BCUT2D eigenvalue weighted by Gasteiger charge is 2.53. The van der Waals surface area contributed by atoms with Gasteiger partial charge in [-0.25, -0.2) is 0 Å². The predicted octanol–water partition coefficient (Wildman–Crippen LogP) is 5.80. The summed E-state index contributed by atoms with van der Waals surface area (Å²) < 4.78 is 46.3. The van der Waals surface area contributed by atoms with Crippen LogP contribution in [0.15, 0.2) is 126 Å². The van der Waals surface area contributed by atoms with Crippen molar-refractivity contribution in [1.82, 2.24) is 0 Å². The minimum atomic E-state index is -1.52. The molecule has 6 rings (SSSR count). The molecule has 7 heteroatoms. The molecule has 0 aliphatic carbocycles. The fourth-order valence-electron chi connectivity index (χ4n) is 5.09. The molecule has 4 aromatic carbocycles. The van der Waals surface area contributed by atoms with E-state index in [1.165, 1.54) is 0 Å². The van der Waals surface area contributed by atoms with Crippen molar-refractivity contribution in [2.24, 2.45) is 0 Å². The highest BCUT2D eigenvalue weighted by Crippen LogP contribution is 2.38. The number of rotatable bonds is 9. The first-order chi connectivity index (χ1) is 19.8. The van der Waals surface area contributed by atoms with Crippen LogP contribution in [0.1, 0.15) is 23.0 Å². The van der Waals surface area contributed by atoms with E-state index in [1.54, 1.807) is 0 Å². The molecule has 0 saturated carbocycles. The molecule has 7 atom stereocenters. The first-order valence-corrected chi connectivity index (χ1v) is 14.7. The van der Waals surface area contributed by atoms with Gasteiger partial charge in [-0.1, -0.05) is 109 Å². The van der Waals surface area contributed by atoms with Gasteiger partial charge in [0.2, 0.25) is 0 Å². The van der Waals surface area contributed by atoms with Crippen LogP contribution < -0.4 is 0 Å². The Morgan fingerprint density at radius 3 is 1.77 bits per heavy atom. The Labute approximate surface area is 237 Å². The third kappa shape index (κ3) is 6.25. The predicted molar refractivity (Wildman–Crippen MR) is 152 cm³/mol. The van der Waals surface area contributed by atoms with Crippen molar-refractivity contribution in [3.63, 3.8) is 0 Å². The van der Waals surface area contributed by atoms with E-state index in [2.05, 4.69) is 0 Å². The molecule has 2 fully saturated rings. The lowest BCUT2D eigenvalue weighted by Crippen LogP contribution is -2.63. The third-order valence-electron chi connectivity index (χ3n) is 7.11. The molecule has 2 heterocycles. The average Bonchev–Trinajstić information content (AvgIpc) is 3.03. The van der Waals surface area contributed by atoms with E-state index in [4.69, 9.17) is 23.7 Å². The molecule has 0 spiro atoms. The van der Waals surface area contributed by atoms with Gasteiger partial charge >= 0.3 is 0 Å². The maximum absolute atomic E-state index is 14.0. The Morgan fingerprint density at radius 2 is 1.18 bits per heavy atom. The maximum atomic E-state index is 14.0. The number of hydrogen-bond donors (Lipinski definition) is 0. The van der Waals surface area contributed by atoms with Crippen molar-refractivity contribution < 1.29 is 27.9 Å². The summed E-state index contributed by atoms with van der Waals surface area (Å²) in [5, 5.41) is 0. The molecule has 0 N–H and O–H groups in total. The molecule has 2 aliphatic rings. The van der Waals surface area contributed by atoms with Crippen LogP contribution in [0.4, 0.5) is 0 Å². The molecule has 0 bridgehead atoms. The van der Waals surface area contributed by atoms with Crippen molar-refractivity contribution in [1.29, 1.82) is 0 Å². The summed E-state index contributed by atoms with van der Waals surface area (Å²) in [6, 6.07) is 39.1. The number of ether oxygens (including phenoxy) is 5. The molecule has 2 unspecified atom stereocenters. The smallest absolute Gasteiger partial charge is 0.184 e. The van der Waals surface area contributed by atoms with Gasteiger partial charge in [-0.2, -0.15) is 0 Å². The molecule has 2 saturated heterocycles. The lowest BCUT2D eigenvalue weighted by atomic mass is 9.98. The fraction of sp³-hybridized carbons (Fsp3) is 0.273. The molecule has 0 aromatic heterocycles. The number of fused-ring (bicyclic) bond motifs is 1. The molecule has 2 aliphatic heterocycles. The van der Waals surface area contributed by atoms with E-state index in [0.29, 0.717) is 18.1 Å². The Bertz CT molecular complexity index is 1360. The van der Waals surface area contributed by atoms with Crippen LogP contribution in [0.2, 0.25) is 0 Å². The summed E-state index contributed by atoms with van der Waals surface area (Å²) in [6.45, 7) is 0.951. The van der Waals surface area contributed by atoms with Crippen LogP contribution in [0.25, 0.3) is 0 Å². The van der Waals surface area contributed by atoms with Gasteiger partial charge in [0.15, 0.2) is 11.7 Å². The SMILES string of the molecule is O=S(c1ccccc1)[C@H]1O[C@@H]2COC(c3ccccc3)O[C@H]2[C@H](OCc2ccccc2)[C@H]1OCc1ccccc1. The lowest BCUT2D eigenvalue weighted by Gasteiger charge is -2.49. The van der Waals surface area contributed by atoms with Gasteiger partial charge < -0.3 is 23.7 Å². The van der Waals surface area contributed by atoms with E-state index in [9.17, 15) is 4.21 Å². The van der Waals surface area contributed by atoms with Crippen LogP contribution in [-0.2, 0) is 47.7 Å². The van der Waals surface area contributed by atoms with Gasteiger partial charge in [-0.3, -0.25) is 4.21 Å². The molecule has 206 valence electrons. The average molecular weight is 557 g/mol. The lowest BCUT2D eigenvalue weighted by molar-refractivity contribution is -0.330. The van der Waals surface area contributed by atoms with Gasteiger partial charge in [0.05, 0.1) is 30.6 Å². The van der Waals surface area contributed by atoms with Crippen LogP contribution >= 0.6 is 0 Å². The Hall–Kier alpha value is -3.17. The molecule has 0 amide bonds. The van der Waals surface area contributed by atoms with E-state index in [-0.39, 0.29) is 6.61 Å². The van der Waals surface area contributed by atoms with E-state index in [1.807, 2.05) is 121 Å². The second-order valence-electron chi connectivity index (χ2n) is 9.85. The first kappa shape index (κ1) is 27.0. The molecule has 4 aromatic rings. The summed E-state index contributed by atoms with van der Waals surface area (Å²) in [7, 11) is -1.52. The standard InChI is InChI=1S/C33H32O6S/c34-40(27-19-11-4-12-20-27)33-31(36-22-25-15-7-2-8-16-25)30(35-21-24-13-5-1-6-14-24)29-28(38-33)23-37-32(39-29)26-17-9-3-10-18-26/h1-20,28-33H,21-23H2/t28-,29-,30+,31-,32?,33-,40?/m1/s1. The van der Waals surface area contributed by atoms with Crippen LogP contribution in [0.5, 0.6) is 0 Å². The van der Waals surface area contributed by atoms with Crippen molar-refractivity contribution in [3.05, 3.63) is 138 Å². The Balaban J connectivity index is 1.33. The summed E-state index contributed by atoms with van der Waals surface area (Å²) in [4.78, 5) is 0.667. The van der Waals surface area contributed by atoms with E-state index in [0.717, 1.165) is 16.7 Å². The highest BCUT2D eigenvalue weighted by molar-refractivity contribution is 7.85. The second kappa shape index (κ2) is 13.0. The summed E-state index contributed by atoms with van der Waals surface area (Å²) in [6.07, 6.45) is -2.77. The van der Waals surface area contributed by atoms with Gasteiger partial charge in [0, 0.05) is 10.5 Å². The zero-order valence-corrected chi connectivity index (χ0v) is 22.8. The summed E-state index contributed by atoms with van der Waals surface area (Å²) >= 11 is 0. The van der Waals surface area contributed by atoms with Crippen LogP contribution in [0.3, 0.4) is 0 Å². The van der Waals surface area contributed by atoms with Crippen LogP contribution in [-0.4, -0.2) is 40.7 Å². The highest BCUT2D eigenvalue weighted by atomic mass is 32.2. The topological polar surface area (TPSA) is 63.2 Å². The Kier molecular flexibility index (Phi) is 8.78. The van der Waals surface area contributed by atoms with E-state index < -0.39 is 46.9 Å². The Morgan fingerprint density at radius 1 is 0.650 bits per heavy atom. The minimum absolute atomic E-state index is 0.281. The zero-order valence-electron chi connectivity index (χ0n) is 22.0. The normalized spacial score (nSPS) is 27.0.